The summed E-state index contributed by atoms with van der Waals surface area (Å²) in [4.78, 5) is 0. The first kappa shape index (κ1) is 20.9. The first-order valence-corrected chi connectivity index (χ1v) is 11.6. The molecule has 0 heterocycles. The van der Waals surface area contributed by atoms with Gasteiger partial charge in [0.15, 0.2) is 0 Å². The quantitative estimate of drug-likeness (QED) is 0.429. The molecular formula is C26H34O4. The lowest BCUT2D eigenvalue weighted by molar-refractivity contribution is 0.350. The van der Waals surface area contributed by atoms with Crippen molar-refractivity contribution < 1.29 is 20.4 Å². The van der Waals surface area contributed by atoms with Crippen LogP contribution in [0.15, 0.2) is 24.3 Å². The first-order chi connectivity index (χ1) is 14.5. The van der Waals surface area contributed by atoms with Crippen molar-refractivity contribution in [3.63, 3.8) is 0 Å². The van der Waals surface area contributed by atoms with Gasteiger partial charge in [0.2, 0.25) is 0 Å². The summed E-state index contributed by atoms with van der Waals surface area (Å²) in [6.45, 7) is 0. The van der Waals surface area contributed by atoms with E-state index in [1.165, 1.54) is 76.3 Å². The Bertz CT molecular complexity index is 804. The van der Waals surface area contributed by atoms with Crippen LogP contribution in [0.1, 0.15) is 75.3 Å². The second-order valence-corrected chi connectivity index (χ2v) is 9.41. The summed E-state index contributed by atoms with van der Waals surface area (Å²) in [7, 11) is 0. The van der Waals surface area contributed by atoms with Gasteiger partial charge in [-0.1, -0.05) is 64.2 Å². The molecule has 2 aromatic carbocycles. The second-order valence-electron chi connectivity index (χ2n) is 9.41. The van der Waals surface area contributed by atoms with Crippen molar-refractivity contribution in [1.82, 2.24) is 0 Å². The lowest BCUT2D eigenvalue weighted by atomic mass is 9.83. The van der Waals surface area contributed by atoms with Crippen LogP contribution in [0.3, 0.4) is 0 Å². The van der Waals surface area contributed by atoms with E-state index in [0.29, 0.717) is 23.0 Å². The lowest BCUT2D eigenvalue weighted by Crippen LogP contribution is -2.09. The number of hydrogen-bond acceptors (Lipinski definition) is 4. The molecule has 0 atom stereocenters. The van der Waals surface area contributed by atoms with E-state index in [-0.39, 0.29) is 23.0 Å². The standard InChI is InChI=1S/C26H34O4/c27-23-15-21(25(29)13-19(23)11-17-7-3-1-4-8-17)22-16-24(28)20(14-26(22)30)12-18-9-5-2-6-10-18/h13-18,27-30H,1-12H2. The van der Waals surface area contributed by atoms with Gasteiger partial charge in [0.25, 0.3) is 0 Å². The minimum absolute atomic E-state index is 0.0216. The number of phenolic OH excluding ortho intramolecular Hbond substituents is 4. The van der Waals surface area contributed by atoms with Crippen LogP contribution >= 0.6 is 0 Å². The predicted molar refractivity (Wildman–Crippen MR) is 119 cm³/mol. The molecule has 4 rings (SSSR count). The maximum absolute atomic E-state index is 10.6. The fourth-order valence-electron chi connectivity index (χ4n) is 5.40. The molecule has 0 unspecified atom stereocenters. The predicted octanol–water partition coefficient (Wildman–Crippen LogP) is 6.42. The molecule has 0 radical (unpaired) electrons. The van der Waals surface area contributed by atoms with E-state index in [4.69, 9.17) is 0 Å². The molecular weight excluding hydrogens is 376 g/mol. The van der Waals surface area contributed by atoms with Crippen LogP contribution in [0.4, 0.5) is 0 Å². The van der Waals surface area contributed by atoms with Crippen LogP contribution in [-0.2, 0) is 12.8 Å². The van der Waals surface area contributed by atoms with E-state index < -0.39 is 0 Å². The summed E-state index contributed by atoms with van der Waals surface area (Å²) >= 11 is 0. The van der Waals surface area contributed by atoms with Crippen LogP contribution < -0.4 is 0 Å². The number of hydrogen-bond donors (Lipinski definition) is 4. The minimum Gasteiger partial charge on any atom is -0.508 e. The van der Waals surface area contributed by atoms with E-state index >= 15 is 0 Å². The van der Waals surface area contributed by atoms with Gasteiger partial charge in [0.05, 0.1) is 0 Å². The molecule has 2 fully saturated rings. The number of aromatic hydroxyl groups is 4. The molecule has 0 spiro atoms. The summed E-state index contributed by atoms with van der Waals surface area (Å²) in [6.07, 6.45) is 13.7. The van der Waals surface area contributed by atoms with E-state index in [1.807, 2.05) is 0 Å². The molecule has 2 aliphatic rings. The van der Waals surface area contributed by atoms with Crippen LogP contribution in [0.2, 0.25) is 0 Å². The average Bonchev–Trinajstić information content (AvgIpc) is 2.74. The van der Waals surface area contributed by atoms with Crippen molar-refractivity contribution in [1.29, 1.82) is 0 Å². The fraction of sp³-hybridized carbons (Fsp3) is 0.538. The third kappa shape index (κ3) is 4.69. The molecule has 4 N–H and O–H groups in total. The summed E-state index contributed by atoms with van der Waals surface area (Å²) in [5.41, 5.74) is 2.19. The molecule has 4 nitrogen and oxygen atoms in total. The van der Waals surface area contributed by atoms with E-state index in [9.17, 15) is 20.4 Å². The summed E-state index contributed by atoms with van der Waals surface area (Å²) in [5, 5.41) is 42.4. The summed E-state index contributed by atoms with van der Waals surface area (Å²) < 4.78 is 0. The maximum atomic E-state index is 10.6. The van der Waals surface area contributed by atoms with Crippen LogP contribution in [0.25, 0.3) is 11.1 Å². The Morgan fingerprint density at radius 1 is 0.500 bits per heavy atom. The van der Waals surface area contributed by atoms with E-state index in [2.05, 4.69) is 0 Å². The van der Waals surface area contributed by atoms with Crippen LogP contribution in [0.5, 0.6) is 23.0 Å². The average molecular weight is 411 g/mol. The summed E-state index contributed by atoms with van der Waals surface area (Å²) in [5.74, 6) is 1.41. The summed E-state index contributed by atoms with van der Waals surface area (Å²) in [6, 6.07) is 6.27. The number of phenols is 4. The highest BCUT2D eigenvalue weighted by Crippen LogP contribution is 2.43. The van der Waals surface area contributed by atoms with Crippen LogP contribution in [0, 0.1) is 11.8 Å². The molecule has 2 saturated carbocycles. The Hall–Kier alpha value is -2.36. The first-order valence-electron chi connectivity index (χ1n) is 11.6. The second kappa shape index (κ2) is 9.20. The molecule has 0 aromatic heterocycles. The molecule has 4 heteroatoms. The van der Waals surface area contributed by atoms with Gasteiger partial charge in [-0.2, -0.15) is 0 Å². The van der Waals surface area contributed by atoms with E-state index in [0.717, 1.165) is 24.0 Å². The Morgan fingerprint density at radius 2 is 0.867 bits per heavy atom. The van der Waals surface area contributed by atoms with Gasteiger partial charge in [-0.3, -0.25) is 0 Å². The molecule has 2 aromatic rings. The lowest BCUT2D eigenvalue weighted by Gasteiger charge is -2.23. The maximum Gasteiger partial charge on any atom is 0.124 e. The van der Waals surface area contributed by atoms with Gasteiger partial charge in [-0.25, -0.2) is 0 Å². The Labute approximate surface area is 179 Å². The van der Waals surface area contributed by atoms with E-state index in [1.54, 1.807) is 12.1 Å². The molecule has 2 aliphatic carbocycles. The Morgan fingerprint density at radius 3 is 1.23 bits per heavy atom. The minimum atomic E-state index is 0.0216. The zero-order chi connectivity index (χ0) is 21.1. The van der Waals surface area contributed by atoms with Gasteiger partial charge < -0.3 is 20.4 Å². The molecule has 0 aliphatic heterocycles. The topological polar surface area (TPSA) is 80.9 Å². The van der Waals surface area contributed by atoms with Crippen molar-refractivity contribution in [2.45, 2.75) is 77.0 Å². The number of rotatable bonds is 5. The monoisotopic (exact) mass is 410 g/mol. The van der Waals surface area contributed by atoms with Gasteiger partial charge >= 0.3 is 0 Å². The van der Waals surface area contributed by atoms with Gasteiger partial charge in [-0.05, 0) is 60.1 Å². The Kier molecular flexibility index (Phi) is 6.40. The van der Waals surface area contributed by atoms with Crippen molar-refractivity contribution in [2.24, 2.45) is 11.8 Å². The Balaban J connectivity index is 1.56. The molecule has 0 bridgehead atoms. The normalized spacial score (nSPS) is 18.5. The SMILES string of the molecule is Oc1cc(-c2cc(O)c(CC3CCCCC3)cc2O)c(O)cc1CC1CCCCC1. The highest BCUT2D eigenvalue weighted by Gasteiger charge is 2.21. The molecule has 0 saturated heterocycles. The van der Waals surface area contributed by atoms with Crippen molar-refractivity contribution in [3.8, 4) is 34.1 Å². The third-order valence-corrected chi connectivity index (χ3v) is 7.15. The van der Waals surface area contributed by atoms with Gasteiger partial charge in [-0.15, -0.1) is 0 Å². The smallest absolute Gasteiger partial charge is 0.124 e. The number of benzene rings is 2. The fourth-order valence-corrected chi connectivity index (χ4v) is 5.40. The molecule has 0 amide bonds. The highest BCUT2D eigenvalue weighted by atomic mass is 16.3. The zero-order valence-electron chi connectivity index (χ0n) is 17.7. The van der Waals surface area contributed by atoms with Crippen molar-refractivity contribution >= 4 is 0 Å². The zero-order valence-corrected chi connectivity index (χ0v) is 17.7. The van der Waals surface area contributed by atoms with Crippen LogP contribution in [-0.4, -0.2) is 20.4 Å². The highest BCUT2D eigenvalue weighted by molar-refractivity contribution is 5.79. The van der Waals surface area contributed by atoms with Crippen molar-refractivity contribution in [3.05, 3.63) is 35.4 Å². The van der Waals surface area contributed by atoms with Gasteiger partial charge in [0.1, 0.15) is 23.0 Å². The van der Waals surface area contributed by atoms with Crippen molar-refractivity contribution in [2.75, 3.05) is 0 Å². The third-order valence-electron chi connectivity index (χ3n) is 7.15. The molecule has 162 valence electrons. The molecule has 30 heavy (non-hydrogen) atoms. The largest absolute Gasteiger partial charge is 0.508 e. The van der Waals surface area contributed by atoms with Gasteiger partial charge in [0, 0.05) is 11.1 Å².